The zero-order valence-corrected chi connectivity index (χ0v) is 13.1. The summed E-state index contributed by atoms with van der Waals surface area (Å²) >= 11 is 0. The van der Waals surface area contributed by atoms with Crippen molar-refractivity contribution in [2.75, 3.05) is 26.8 Å². The third-order valence-electron chi connectivity index (χ3n) is 4.20. The molecule has 1 aliphatic rings. The van der Waals surface area contributed by atoms with Crippen LogP contribution in [0.3, 0.4) is 0 Å². The topological polar surface area (TPSA) is 41.6 Å². The fourth-order valence-corrected chi connectivity index (χ4v) is 2.88. The lowest BCUT2D eigenvalue weighted by Crippen LogP contribution is -2.45. The fraction of sp³-hybridized carbons (Fsp3) is 0.588. The van der Waals surface area contributed by atoms with Gasteiger partial charge in [0.1, 0.15) is 6.61 Å². The molecule has 1 aliphatic heterocycles. The van der Waals surface area contributed by atoms with Gasteiger partial charge >= 0.3 is 0 Å². The Hall–Kier alpha value is -1.39. The van der Waals surface area contributed by atoms with E-state index in [1.54, 1.807) is 7.11 Å². The van der Waals surface area contributed by atoms with Crippen molar-refractivity contribution >= 4 is 5.91 Å². The Balaban J connectivity index is 1.77. The standard InChI is InChI=1S/C17H26N2O2/c1-3-14-6-4-5-7-15(14)12-18-16-8-10-19(11-9-16)17(20)13-21-2/h4-7,16,18H,3,8-13H2,1-2H3. The number of carbonyl (C=O) groups is 1. The van der Waals surface area contributed by atoms with Crippen LogP contribution in [0.15, 0.2) is 24.3 Å². The van der Waals surface area contributed by atoms with Crippen molar-refractivity contribution in [2.45, 2.75) is 38.8 Å². The van der Waals surface area contributed by atoms with E-state index in [0.717, 1.165) is 38.9 Å². The molecule has 116 valence electrons. The molecule has 0 unspecified atom stereocenters. The summed E-state index contributed by atoms with van der Waals surface area (Å²) in [5.41, 5.74) is 2.80. The number of rotatable bonds is 6. The number of likely N-dealkylation sites (tertiary alicyclic amines) is 1. The molecule has 0 spiro atoms. The molecule has 4 nitrogen and oxygen atoms in total. The summed E-state index contributed by atoms with van der Waals surface area (Å²) < 4.78 is 4.91. The number of nitrogens with one attached hydrogen (secondary N) is 1. The van der Waals surface area contributed by atoms with Crippen LogP contribution in [-0.2, 0) is 22.5 Å². The third-order valence-corrected chi connectivity index (χ3v) is 4.20. The molecule has 2 rings (SSSR count). The molecular weight excluding hydrogens is 264 g/mol. The van der Waals surface area contributed by atoms with Gasteiger partial charge in [-0.1, -0.05) is 31.2 Å². The van der Waals surface area contributed by atoms with E-state index in [0.29, 0.717) is 6.04 Å². The predicted molar refractivity (Wildman–Crippen MR) is 84.1 cm³/mol. The molecule has 21 heavy (non-hydrogen) atoms. The Kier molecular flexibility index (Phi) is 6.21. The first-order chi connectivity index (χ1) is 10.2. The van der Waals surface area contributed by atoms with Gasteiger partial charge in [-0.05, 0) is 30.4 Å². The lowest BCUT2D eigenvalue weighted by Gasteiger charge is -2.32. The van der Waals surface area contributed by atoms with Gasteiger partial charge in [0.15, 0.2) is 0 Å². The summed E-state index contributed by atoms with van der Waals surface area (Å²) in [6.45, 7) is 4.96. The number of ether oxygens (including phenoxy) is 1. The molecule has 0 aromatic heterocycles. The van der Waals surface area contributed by atoms with E-state index in [9.17, 15) is 4.79 Å². The van der Waals surface area contributed by atoms with Gasteiger partial charge in [0.05, 0.1) is 0 Å². The predicted octanol–water partition coefficient (Wildman–Crippen LogP) is 1.98. The van der Waals surface area contributed by atoms with Gasteiger partial charge in [-0.3, -0.25) is 4.79 Å². The quantitative estimate of drug-likeness (QED) is 0.871. The van der Waals surface area contributed by atoms with Crippen LogP contribution in [0.2, 0.25) is 0 Å². The SMILES string of the molecule is CCc1ccccc1CNC1CCN(C(=O)COC)CC1. The average Bonchev–Trinajstić information content (AvgIpc) is 2.54. The minimum absolute atomic E-state index is 0.104. The van der Waals surface area contributed by atoms with Gasteiger partial charge in [-0.15, -0.1) is 0 Å². The van der Waals surface area contributed by atoms with Crippen LogP contribution in [0.4, 0.5) is 0 Å². The first-order valence-electron chi connectivity index (χ1n) is 7.81. The maximum atomic E-state index is 11.7. The maximum Gasteiger partial charge on any atom is 0.248 e. The highest BCUT2D eigenvalue weighted by Gasteiger charge is 2.22. The van der Waals surface area contributed by atoms with E-state index in [2.05, 4.69) is 36.5 Å². The van der Waals surface area contributed by atoms with Crippen LogP contribution in [-0.4, -0.2) is 43.7 Å². The molecule has 0 bridgehead atoms. The summed E-state index contributed by atoms with van der Waals surface area (Å²) in [7, 11) is 1.57. The molecule has 1 N–H and O–H groups in total. The molecule has 0 atom stereocenters. The lowest BCUT2D eigenvalue weighted by molar-refractivity contribution is -0.136. The second kappa shape index (κ2) is 8.15. The second-order valence-electron chi connectivity index (χ2n) is 5.59. The van der Waals surface area contributed by atoms with Crippen molar-refractivity contribution in [3.63, 3.8) is 0 Å². The fourth-order valence-electron chi connectivity index (χ4n) is 2.88. The molecular formula is C17H26N2O2. The third kappa shape index (κ3) is 4.55. The van der Waals surface area contributed by atoms with Crippen LogP contribution < -0.4 is 5.32 Å². The van der Waals surface area contributed by atoms with Gasteiger partial charge in [0, 0.05) is 32.8 Å². The van der Waals surface area contributed by atoms with Crippen LogP contribution in [0.25, 0.3) is 0 Å². The monoisotopic (exact) mass is 290 g/mol. The number of methoxy groups -OCH3 is 1. The number of amides is 1. The molecule has 4 heteroatoms. The molecule has 1 aromatic rings. The molecule has 1 saturated heterocycles. The summed E-state index contributed by atoms with van der Waals surface area (Å²) in [6.07, 6.45) is 3.11. The zero-order chi connectivity index (χ0) is 15.1. The van der Waals surface area contributed by atoms with Crippen molar-refractivity contribution < 1.29 is 9.53 Å². The largest absolute Gasteiger partial charge is 0.375 e. The number of nitrogens with zero attached hydrogens (tertiary/aromatic N) is 1. The Morgan fingerprint density at radius 1 is 1.29 bits per heavy atom. The zero-order valence-electron chi connectivity index (χ0n) is 13.1. The van der Waals surface area contributed by atoms with E-state index >= 15 is 0 Å². The highest BCUT2D eigenvalue weighted by Crippen LogP contribution is 2.13. The minimum atomic E-state index is 0.104. The van der Waals surface area contributed by atoms with Crippen LogP contribution in [0, 0.1) is 0 Å². The summed E-state index contributed by atoms with van der Waals surface area (Å²) in [5, 5.41) is 3.63. The Labute approximate surface area is 127 Å². The maximum absolute atomic E-state index is 11.7. The minimum Gasteiger partial charge on any atom is -0.375 e. The Morgan fingerprint density at radius 3 is 2.57 bits per heavy atom. The Bertz CT molecular complexity index is 454. The van der Waals surface area contributed by atoms with E-state index in [1.165, 1.54) is 11.1 Å². The molecule has 1 amide bonds. The highest BCUT2D eigenvalue weighted by atomic mass is 16.5. The summed E-state index contributed by atoms with van der Waals surface area (Å²) in [6, 6.07) is 9.10. The van der Waals surface area contributed by atoms with Gasteiger partial charge in [0.2, 0.25) is 5.91 Å². The number of aryl methyl sites for hydroxylation is 1. The number of carbonyl (C=O) groups excluding carboxylic acids is 1. The van der Waals surface area contributed by atoms with Crippen molar-refractivity contribution in [2.24, 2.45) is 0 Å². The van der Waals surface area contributed by atoms with Gasteiger partial charge in [0.25, 0.3) is 0 Å². The van der Waals surface area contributed by atoms with Crippen LogP contribution in [0.1, 0.15) is 30.9 Å². The number of piperidine rings is 1. The summed E-state index contributed by atoms with van der Waals surface area (Å²) in [5.74, 6) is 0.104. The van der Waals surface area contributed by atoms with Crippen molar-refractivity contribution in [3.8, 4) is 0 Å². The van der Waals surface area contributed by atoms with Crippen LogP contribution >= 0.6 is 0 Å². The van der Waals surface area contributed by atoms with E-state index in [-0.39, 0.29) is 12.5 Å². The van der Waals surface area contributed by atoms with Crippen molar-refractivity contribution in [1.82, 2.24) is 10.2 Å². The molecule has 0 radical (unpaired) electrons. The molecule has 1 heterocycles. The first-order valence-corrected chi connectivity index (χ1v) is 7.81. The normalized spacial score (nSPS) is 16.2. The van der Waals surface area contributed by atoms with Gasteiger partial charge < -0.3 is 15.0 Å². The molecule has 0 aliphatic carbocycles. The molecule has 1 fully saturated rings. The van der Waals surface area contributed by atoms with Crippen LogP contribution in [0.5, 0.6) is 0 Å². The van der Waals surface area contributed by atoms with Gasteiger partial charge in [-0.2, -0.15) is 0 Å². The average molecular weight is 290 g/mol. The number of hydrogen-bond acceptors (Lipinski definition) is 3. The van der Waals surface area contributed by atoms with E-state index in [4.69, 9.17) is 4.74 Å². The smallest absolute Gasteiger partial charge is 0.248 e. The molecule has 1 aromatic carbocycles. The van der Waals surface area contributed by atoms with Crippen molar-refractivity contribution in [1.29, 1.82) is 0 Å². The first kappa shape index (κ1) is 16.0. The lowest BCUT2D eigenvalue weighted by atomic mass is 10.0. The van der Waals surface area contributed by atoms with Crippen molar-refractivity contribution in [3.05, 3.63) is 35.4 Å². The second-order valence-corrected chi connectivity index (χ2v) is 5.59. The van der Waals surface area contributed by atoms with E-state index < -0.39 is 0 Å². The van der Waals surface area contributed by atoms with Gasteiger partial charge in [-0.25, -0.2) is 0 Å². The summed E-state index contributed by atoms with van der Waals surface area (Å²) in [4.78, 5) is 13.7. The number of benzene rings is 1. The number of hydrogen-bond donors (Lipinski definition) is 1. The Morgan fingerprint density at radius 2 is 1.95 bits per heavy atom. The van der Waals surface area contributed by atoms with E-state index in [1.807, 2.05) is 4.90 Å². The molecule has 0 saturated carbocycles. The highest BCUT2D eigenvalue weighted by molar-refractivity contribution is 5.77.